The van der Waals surface area contributed by atoms with Gasteiger partial charge in [0.1, 0.15) is 11.4 Å². The van der Waals surface area contributed by atoms with Gasteiger partial charge < -0.3 is 10.4 Å². The Morgan fingerprint density at radius 2 is 2.05 bits per heavy atom. The van der Waals surface area contributed by atoms with E-state index in [0.29, 0.717) is 6.42 Å². The maximum Gasteiger partial charge on any atom is 0.339 e. The third kappa shape index (κ3) is 2.75. The Hall–Kier alpha value is -2.34. The van der Waals surface area contributed by atoms with Crippen molar-refractivity contribution < 1.29 is 14.7 Å². The van der Waals surface area contributed by atoms with Crippen molar-refractivity contribution in [2.24, 2.45) is 0 Å². The fourth-order valence-corrected chi connectivity index (χ4v) is 3.40. The number of nitrogens with zero attached hydrogens (tertiary/aromatic N) is 1. The van der Waals surface area contributed by atoms with Crippen LogP contribution in [-0.4, -0.2) is 27.2 Å². The number of hydrogen-bond acceptors (Lipinski definition) is 4. The highest BCUT2D eigenvalue weighted by molar-refractivity contribution is 8.01. The van der Waals surface area contributed by atoms with Crippen molar-refractivity contribution >= 4 is 29.5 Å². The fraction of sp³-hybridized carbons (Fsp3) is 0.133. The maximum absolute atomic E-state index is 12.3. The first-order chi connectivity index (χ1) is 10.1. The number of hydrogen-bond donors (Lipinski definition) is 2. The van der Waals surface area contributed by atoms with Gasteiger partial charge >= 0.3 is 5.97 Å². The molecule has 0 saturated heterocycles. The Kier molecular flexibility index (Phi) is 3.62. The summed E-state index contributed by atoms with van der Waals surface area (Å²) in [7, 11) is 0. The van der Waals surface area contributed by atoms with Crippen molar-refractivity contribution in [1.82, 2.24) is 4.98 Å². The summed E-state index contributed by atoms with van der Waals surface area (Å²) in [4.78, 5) is 28.4. The third-order valence-corrected chi connectivity index (χ3v) is 4.54. The van der Waals surface area contributed by atoms with Gasteiger partial charge in [-0.25, -0.2) is 9.78 Å². The van der Waals surface area contributed by atoms with E-state index >= 15 is 0 Å². The van der Waals surface area contributed by atoms with Gasteiger partial charge in [0.2, 0.25) is 5.91 Å². The summed E-state index contributed by atoms with van der Waals surface area (Å²) in [6.45, 7) is 0. The number of nitrogens with one attached hydrogen (secondary N) is 1. The van der Waals surface area contributed by atoms with Crippen molar-refractivity contribution in [2.45, 2.75) is 16.6 Å². The summed E-state index contributed by atoms with van der Waals surface area (Å²) in [6.07, 6.45) is 2.10. The van der Waals surface area contributed by atoms with Gasteiger partial charge in [0.05, 0.1) is 5.25 Å². The SMILES string of the molecule is O=C(O)c1cccnc1NC(=O)C1Cc2ccccc2S1. The van der Waals surface area contributed by atoms with Crippen molar-refractivity contribution in [3.05, 3.63) is 53.7 Å². The zero-order valence-corrected chi connectivity index (χ0v) is 11.8. The number of thioether (sulfide) groups is 1. The van der Waals surface area contributed by atoms with Crippen LogP contribution < -0.4 is 5.32 Å². The second kappa shape index (κ2) is 5.57. The van der Waals surface area contributed by atoms with Crippen LogP contribution in [0.2, 0.25) is 0 Å². The van der Waals surface area contributed by atoms with Crippen molar-refractivity contribution in [1.29, 1.82) is 0 Å². The van der Waals surface area contributed by atoms with Gasteiger partial charge in [-0.15, -0.1) is 11.8 Å². The average molecular weight is 300 g/mol. The minimum Gasteiger partial charge on any atom is -0.478 e. The molecule has 0 spiro atoms. The lowest BCUT2D eigenvalue weighted by Gasteiger charge is -2.10. The Balaban J connectivity index is 1.76. The van der Waals surface area contributed by atoms with Gasteiger partial charge in [-0.3, -0.25) is 4.79 Å². The molecule has 2 heterocycles. The van der Waals surface area contributed by atoms with Gasteiger partial charge in [-0.1, -0.05) is 18.2 Å². The third-order valence-electron chi connectivity index (χ3n) is 3.22. The smallest absolute Gasteiger partial charge is 0.339 e. The molecular weight excluding hydrogens is 288 g/mol. The number of carbonyl (C=O) groups is 2. The van der Waals surface area contributed by atoms with E-state index in [4.69, 9.17) is 5.11 Å². The Morgan fingerprint density at radius 1 is 1.24 bits per heavy atom. The molecule has 2 N–H and O–H groups in total. The molecule has 5 nitrogen and oxygen atoms in total. The summed E-state index contributed by atoms with van der Waals surface area (Å²) in [5.41, 5.74) is 1.13. The molecule has 0 fully saturated rings. The second-order valence-corrected chi connectivity index (χ2v) is 5.86. The predicted octanol–water partition coefficient (Wildman–Crippen LogP) is 2.44. The van der Waals surface area contributed by atoms with Crippen LogP contribution in [0.3, 0.4) is 0 Å². The van der Waals surface area contributed by atoms with E-state index in [1.807, 2.05) is 24.3 Å². The highest BCUT2D eigenvalue weighted by atomic mass is 32.2. The van der Waals surface area contributed by atoms with Gasteiger partial charge in [-0.2, -0.15) is 0 Å². The van der Waals surface area contributed by atoms with Crippen LogP contribution in [0.5, 0.6) is 0 Å². The molecule has 106 valence electrons. The molecule has 1 aromatic carbocycles. The number of carboxylic acids is 1. The van der Waals surface area contributed by atoms with E-state index in [1.54, 1.807) is 0 Å². The van der Waals surface area contributed by atoms with Gasteiger partial charge in [0.15, 0.2) is 0 Å². The number of rotatable bonds is 3. The molecule has 2 aromatic rings. The van der Waals surface area contributed by atoms with Crippen LogP contribution in [0.1, 0.15) is 15.9 Å². The van der Waals surface area contributed by atoms with Crippen LogP contribution in [0.25, 0.3) is 0 Å². The summed E-state index contributed by atoms with van der Waals surface area (Å²) in [5.74, 6) is -1.25. The average Bonchev–Trinajstić information content (AvgIpc) is 2.91. The van der Waals surface area contributed by atoms with Crippen molar-refractivity contribution in [3.8, 4) is 0 Å². The number of anilines is 1. The van der Waals surface area contributed by atoms with Crippen LogP contribution in [-0.2, 0) is 11.2 Å². The first kappa shape index (κ1) is 13.6. The lowest BCUT2D eigenvalue weighted by Crippen LogP contribution is -2.26. The Labute approximate surface area is 125 Å². The maximum atomic E-state index is 12.3. The number of amides is 1. The number of carboxylic acid groups (broad SMARTS) is 1. The van der Waals surface area contributed by atoms with E-state index in [2.05, 4.69) is 10.3 Å². The molecule has 0 saturated carbocycles. The molecular formula is C15H12N2O3S. The van der Waals surface area contributed by atoms with Gasteiger partial charge in [0, 0.05) is 11.1 Å². The molecule has 1 unspecified atom stereocenters. The molecule has 1 aliphatic heterocycles. The molecule has 0 radical (unpaired) electrons. The van der Waals surface area contributed by atoms with E-state index < -0.39 is 5.97 Å². The zero-order valence-electron chi connectivity index (χ0n) is 10.9. The minimum atomic E-state index is -1.11. The molecule has 1 atom stereocenters. The number of carbonyl (C=O) groups excluding carboxylic acids is 1. The summed E-state index contributed by atoms with van der Waals surface area (Å²) >= 11 is 1.49. The summed E-state index contributed by atoms with van der Waals surface area (Å²) in [6, 6.07) is 10.8. The van der Waals surface area contributed by atoms with E-state index in [-0.39, 0.29) is 22.5 Å². The van der Waals surface area contributed by atoms with Gasteiger partial charge in [0.25, 0.3) is 0 Å². The quantitative estimate of drug-likeness (QED) is 0.910. The van der Waals surface area contributed by atoms with Gasteiger partial charge in [-0.05, 0) is 30.2 Å². The highest BCUT2D eigenvalue weighted by Crippen LogP contribution is 2.37. The van der Waals surface area contributed by atoms with E-state index in [0.717, 1.165) is 10.5 Å². The molecule has 1 amide bonds. The first-order valence-electron chi connectivity index (χ1n) is 6.39. The molecule has 21 heavy (non-hydrogen) atoms. The first-order valence-corrected chi connectivity index (χ1v) is 7.27. The van der Waals surface area contributed by atoms with Crippen LogP contribution in [0.4, 0.5) is 5.82 Å². The van der Waals surface area contributed by atoms with Crippen molar-refractivity contribution in [3.63, 3.8) is 0 Å². The molecule has 3 rings (SSSR count). The number of fused-ring (bicyclic) bond motifs is 1. The van der Waals surface area contributed by atoms with Crippen LogP contribution in [0, 0.1) is 0 Å². The van der Waals surface area contributed by atoms with Crippen LogP contribution in [0.15, 0.2) is 47.5 Å². The number of pyridine rings is 1. The second-order valence-electron chi connectivity index (χ2n) is 4.61. The summed E-state index contributed by atoms with van der Waals surface area (Å²) in [5, 5.41) is 11.4. The van der Waals surface area contributed by atoms with E-state index in [9.17, 15) is 9.59 Å². The standard InChI is InChI=1S/C15H12N2O3S/c18-14(12-8-9-4-1-2-6-11(9)21-12)17-13-10(15(19)20)5-3-7-16-13/h1-7,12H,8H2,(H,19,20)(H,16,17,18). The summed E-state index contributed by atoms with van der Waals surface area (Å²) < 4.78 is 0. The normalized spacial score (nSPS) is 16.3. The highest BCUT2D eigenvalue weighted by Gasteiger charge is 2.28. The number of benzene rings is 1. The van der Waals surface area contributed by atoms with Crippen LogP contribution >= 0.6 is 11.8 Å². The Morgan fingerprint density at radius 3 is 2.81 bits per heavy atom. The molecule has 1 aromatic heterocycles. The molecule has 1 aliphatic rings. The number of aromatic carboxylic acids is 1. The Bertz CT molecular complexity index is 693. The fourth-order valence-electron chi connectivity index (χ4n) is 2.20. The molecule has 6 heteroatoms. The monoisotopic (exact) mass is 300 g/mol. The van der Waals surface area contributed by atoms with E-state index in [1.165, 1.54) is 30.1 Å². The molecule has 0 aliphatic carbocycles. The van der Waals surface area contributed by atoms with Crippen molar-refractivity contribution in [2.75, 3.05) is 5.32 Å². The minimum absolute atomic E-state index is 0.00800. The molecule has 0 bridgehead atoms. The predicted molar refractivity (Wildman–Crippen MR) is 79.6 cm³/mol. The number of aromatic nitrogens is 1. The lowest BCUT2D eigenvalue weighted by molar-refractivity contribution is -0.115. The lowest BCUT2D eigenvalue weighted by atomic mass is 10.1. The topological polar surface area (TPSA) is 79.3 Å². The zero-order chi connectivity index (χ0) is 14.8. The largest absolute Gasteiger partial charge is 0.478 e.